The summed E-state index contributed by atoms with van der Waals surface area (Å²) in [6, 6.07) is 8.00. The third-order valence-corrected chi connectivity index (χ3v) is 8.64. The van der Waals surface area contributed by atoms with E-state index >= 15 is 0 Å². The fourth-order valence-corrected chi connectivity index (χ4v) is 6.57. The van der Waals surface area contributed by atoms with E-state index in [1.807, 2.05) is 45.0 Å². The molecule has 0 radical (unpaired) electrons. The molecule has 0 saturated carbocycles. The first-order valence-corrected chi connectivity index (χ1v) is 13.6. The number of thiazole rings is 1. The summed E-state index contributed by atoms with van der Waals surface area (Å²) in [6.07, 6.45) is 2.20. The van der Waals surface area contributed by atoms with E-state index in [9.17, 15) is 13.2 Å². The number of benzene rings is 1. The van der Waals surface area contributed by atoms with Gasteiger partial charge in [-0.05, 0) is 51.7 Å². The van der Waals surface area contributed by atoms with Crippen molar-refractivity contribution >= 4 is 27.5 Å². The number of hydrogen-bond donors (Lipinski definition) is 0. The van der Waals surface area contributed by atoms with Crippen molar-refractivity contribution in [3.63, 3.8) is 0 Å². The van der Waals surface area contributed by atoms with Crippen molar-refractivity contribution in [1.82, 2.24) is 14.2 Å². The maximum absolute atomic E-state index is 12.3. The second-order valence-corrected chi connectivity index (χ2v) is 12.5. The average Bonchev–Trinajstić information content (AvgIpc) is 3.34. The van der Waals surface area contributed by atoms with Gasteiger partial charge in [-0.15, -0.1) is 11.3 Å². The lowest BCUT2D eigenvalue weighted by molar-refractivity contribution is 0.0204. The summed E-state index contributed by atoms with van der Waals surface area (Å²) in [5.74, 6) is 0.576. The number of aromatic nitrogens is 1. The van der Waals surface area contributed by atoms with Crippen LogP contribution in [0.3, 0.4) is 0 Å². The van der Waals surface area contributed by atoms with Gasteiger partial charge in [0.15, 0.2) is 0 Å². The first kappa shape index (κ1) is 23.2. The lowest BCUT2D eigenvalue weighted by Gasteiger charge is -2.32. The number of ether oxygens (including phenoxy) is 1. The second-order valence-electron chi connectivity index (χ2n) is 9.52. The third kappa shape index (κ3) is 5.50. The van der Waals surface area contributed by atoms with Gasteiger partial charge in [-0.2, -0.15) is 4.31 Å². The van der Waals surface area contributed by atoms with Crippen LogP contribution in [0.1, 0.15) is 57.2 Å². The highest BCUT2D eigenvalue weighted by atomic mass is 32.2. The van der Waals surface area contributed by atoms with Crippen LogP contribution >= 0.6 is 11.3 Å². The van der Waals surface area contributed by atoms with Gasteiger partial charge >= 0.3 is 6.09 Å². The molecule has 4 rings (SSSR count). The summed E-state index contributed by atoms with van der Waals surface area (Å²) in [7, 11) is -3.11. The van der Waals surface area contributed by atoms with Crippen LogP contribution in [0.2, 0.25) is 0 Å². The van der Waals surface area contributed by atoms with Crippen LogP contribution in [-0.4, -0.2) is 59.7 Å². The van der Waals surface area contributed by atoms with Crippen LogP contribution in [0.4, 0.5) is 4.79 Å². The maximum atomic E-state index is 12.3. The zero-order valence-corrected chi connectivity index (χ0v) is 20.5. The highest BCUT2D eigenvalue weighted by Gasteiger charge is 2.29. The van der Waals surface area contributed by atoms with E-state index in [-0.39, 0.29) is 11.8 Å². The number of sulfonamides is 1. The largest absolute Gasteiger partial charge is 0.444 e. The fraction of sp³-hybridized carbons (Fsp3) is 0.565. The van der Waals surface area contributed by atoms with E-state index in [0.717, 1.165) is 34.7 Å². The molecule has 0 unspecified atom stereocenters. The lowest BCUT2D eigenvalue weighted by Crippen LogP contribution is -2.41. The molecule has 0 bridgehead atoms. The van der Waals surface area contributed by atoms with Gasteiger partial charge in [-0.3, -0.25) is 0 Å². The molecule has 3 heterocycles. The first-order chi connectivity index (χ1) is 15.1. The zero-order chi connectivity index (χ0) is 22.9. The molecule has 2 saturated heterocycles. The monoisotopic (exact) mass is 477 g/mol. The van der Waals surface area contributed by atoms with Gasteiger partial charge in [0.2, 0.25) is 10.0 Å². The van der Waals surface area contributed by atoms with E-state index in [1.165, 1.54) is 0 Å². The normalized spacial score (nSPS) is 19.9. The number of amides is 1. The lowest BCUT2D eigenvalue weighted by atomic mass is 9.94. The van der Waals surface area contributed by atoms with E-state index in [4.69, 9.17) is 9.72 Å². The molecular formula is C23H31N3O4S2. The van der Waals surface area contributed by atoms with Crippen molar-refractivity contribution in [1.29, 1.82) is 0 Å². The van der Waals surface area contributed by atoms with Gasteiger partial charge in [-0.1, -0.05) is 18.2 Å². The molecule has 0 N–H and O–H groups in total. The quantitative estimate of drug-likeness (QED) is 0.650. The molecule has 1 amide bonds. The van der Waals surface area contributed by atoms with Gasteiger partial charge in [0.25, 0.3) is 0 Å². The Kier molecular flexibility index (Phi) is 6.61. The van der Waals surface area contributed by atoms with Crippen LogP contribution in [-0.2, 0) is 21.3 Å². The van der Waals surface area contributed by atoms with Gasteiger partial charge in [-0.25, -0.2) is 18.2 Å². The Morgan fingerprint density at radius 2 is 1.97 bits per heavy atom. The molecule has 2 aliphatic rings. The Bertz CT molecular complexity index is 1070. The van der Waals surface area contributed by atoms with Crippen molar-refractivity contribution in [3.05, 3.63) is 40.9 Å². The topological polar surface area (TPSA) is 79.8 Å². The number of nitrogens with zero attached hydrogens (tertiary/aromatic N) is 3. The molecule has 2 fully saturated rings. The van der Waals surface area contributed by atoms with Crippen LogP contribution in [0.15, 0.2) is 29.6 Å². The summed E-state index contributed by atoms with van der Waals surface area (Å²) < 4.78 is 31.3. The van der Waals surface area contributed by atoms with Crippen LogP contribution < -0.4 is 0 Å². The van der Waals surface area contributed by atoms with Crippen molar-refractivity contribution < 1.29 is 17.9 Å². The first-order valence-electron chi connectivity index (χ1n) is 11.1. The number of hydrogen-bond acceptors (Lipinski definition) is 6. The average molecular weight is 478 g/mol. The minimum Gasteiger partial charge on any atom is -0.444 e. The highest BCUT2D eigenvalue weighted by molar-refractivity contribution is 7.89. The Morgan fingerprint density at radius 3 is 2.62 bits per heavy atom. The predicted octanol–water partition coefficient (Wildman–Crippen LogP) is 4.46. The molecule has 0 atom stereocenters. The number of carbonyl (C=O) groups is 1. The Hall–Kier alpha value is -1.97. The SMILES string of the molecule is CC(C)(C)OC(=O)N1CCC(c2csc(-c3cccc(CN4CCCS4(=O)=O)c3)n2)CC1. The van der Waals surface area contributed by atoms with E-state index in [2.05, 4.69) is 5.38 Å². The van der Waals surface area contributed by atoms with Crippen LogP contribution in [0.25, 0.3) is 10.6 Å². The van der Waals surface area contributed by atoms with Gasteiger partial charge in [0.05, 0.1) is 11.4 Å². The van der Waals surface area contributed by atoms with Gasteiger partial charge in [0, 0.05) is 43.0 Å². The minimum atomic E-state index is -3.11. The summed E-state index contributed by atoms with van der Waals surface area (Å²) in [4.78, 5) is 19.0. The van der Waals surface area contributed by atoms with Crippen LogP contribution in [0.5, 0.6) is 0 Å². The second kappa shape index (κ2) is 9.11. The molecule has 1 aromatic carbocycles. The molecule has 0 spiro atoms. The molecule has 2 aliphatic heterocycles. The Balaban J connectivity index is 1.39. The summed E-state index contributed by atoms with van der Waals surface area (Å²) in [5, 5.41) is 3.06. The molecule has 32 heavy (non-hydrogen) atoms. The van der Waals surface area contributed by atoms with Gasteiger partial charge < -0.3 is 9.64 Å². The highest BCUT2D eigenvalue weighted by Crippen LogP contribution is 2.33. The molecule has 0 aliphatic carbocycles. The number of carbonyl (C=O) groups excluding carboxylic acids is 1. The summed E-state index contributed by atoms with van der Waals surface area (Å²) >= 11 is 1.61. The summed E-state index contributed by atoms with van der Waals surface area (Å²) in [6.45, 7) is 8.00. The predicted molar refractivity (Wildman–Crippen MR) is 126 cm³/mol. The molecule has 1 aromatic heterocycles. The van der Waals surface area contributed by atoms with Crippen molar-refractivity contribution in [2.24, 2.45) is 0 Å². The van der Waals surface area contributed by atoms with Crippen LogP contribution in [0, 0.1) is 0 Å². The molecule has 9 heteroatoms. The van der Waals surface area contributed by atoms with E-state index < -0.39 is 15.6 Å². The molecular weight excluding hydrogens is 446 g/mol. The number of likely N-dealkylation sites (tertiary alicyclic amines) is 1. The Labute approximate surface area is 194 Å². The Morgan fingerprint density at radius 1 is 1.22 bits per heavy atom. The van der Waals surface area contributed by atoms with Crippen molar-refractivity contribution in [2.75, 3.05) is 25.4 Å². The van der Waals surface area contributed by atoms with E-state index in [1.54, 1.807) is 20.5 Å². The van der Waals surface area contributed by atoms with E-state index in [0.29, 0.717) is 38.5 Å². The van der Waals surface area contributed by atoms with Gasteiger partial charge in [0.1, 0.15) is 10.6 Å². The smallest absolute Gasteiger partial charge is 0.410 e. The standard InChI is InChI=1S/C23H31N3O4S2/c1-23(2,3)30-22(27)25-11-8-18(9-12-25)20-16-31-21(24-20)19-7-4-6-17(14-19)15-26-10-5-13-32(26,28)29/h4,6-7,14,16,18H,5,8-13,15H2,1-3H3. The molecule has 2 aromatic rings. The maximum Gasteiger partial charge on any atom is 0.410 e. The molecule has 174 valence electrons. The van der Waals surface area contributed by atoms with Crippen molar-refractivity contribution in [3.8, 4) is 10.6 Å². The fourth-order valence-electron chi connectivity index (χ4n) is 4.17. The zero-order valence-electron chi connectivity index (χ0n) is 18.9. The molecule has 7 nitrogen and oxygen atoms in total. The third-order valence-electron chi connectivity index (χ3n) is 5.82. The minimum absolute atomic E-state index is 0.244. The number of piperidine rings is 1. The van der Waals surface area contributed by atoms with Crippen molar-refractivity contribution in [2.45, 2.75) is 58.1 Å². The summed E-state index contributed by atoms with van der Waals surface area (Å²) in [5.41, 5.74) is 2.59. The number of rotatable bonds is 4.